The largest absolute Gasteiger partial charge is 0.468 e. The summed E-state index contributed by atoms with van der Waals surface area (Å²) in [5.41, 5.74) is 2.12. The number of Topliss-reactive ketones (excluding diaryl/α,β-unsaturated/α-hetero) is 1. The van der Waals surface area contributed by atoms with Gasteiger partial charge >= 0.3 is 5.97 Å². The first-order valence-corrected chi connectivity index (χ1v) is 9.46. The average molecular weight is 377 g/mol. The maximum atomic E-state index is 13.2. The highest BCUT2D eigenvalue weighted by molar-refractivity contribution is 6.13. The molecule has 144 valence electrons. The molecule has 2 aromatic carbocycles. The highest BCUT2D eigenvalue weighted by atomic mass is 16.5. The number of nitrogens with one attached hydrogen (secondary N) is 1. The van der Waals surface area contributed by atoms with Gasteiger partial charge in [0.2, 0.25) is 5.91 Å². The molecule has 1 heterocycles. The van der Waals surface area contributed by atoms with Gasteiger partial charge in [0, 0.05) is 17.5 Å². The van der Waals surface area contributed by atoms with Gasteiger partial charge in [-0.25, -0.2) is 0 Å². The van der Waals surface area contributed by atoms with Gasteiger partial charge in [-0.3, -0.25) is 14.4 Å². The monoisotopic (exact) mass is 377 g/mol. The molecule has 1 saturated carbocycles. The van der Waals surface area contributed by atoms with Crippen molar-refractivity contribution in [2.45, 2.75) is 32.1 Å². The van der Waals surface area contributed by atoms with Gasteiger partial charge in [-0.1, -0.05) is 48.0 Å². The van der Waals surface area contributed by atoms with Gasteiger partial charge in [0.05, 0.1) is 7.11 Å². The Bertz CT molecular complexity index is 982. The van der Waals surface area contributed by atoms with Crippen LogP contribution in [0.2, 0.25) is 0 Å². The van der Waals surface area contributed by atoms with Crippen LogP contribution < -0.4 is 5.32 Å². The number of para-hydroxylation sites is 1. The Morgan fingerprint density at radius 3 is 2.57 bits per heavy atom. The van der Waals surface area contributed by atoms with Gasteiger partial charge in [0.1, 0.15) is 5.78 Å². The van der Waals surface area contributed by atoms with E-state index in [1.54, 1.807) is 6.92 Å². The minimum absolute atomic E-state index is 0.0215. The number of ketones is 1. The Morgan fingerprint density at radius 2 is 1.89 bits per heavy atom. The highest BCUT2D eigenvalue weighted by Crippen LogP contribution is 2.62. The van der Waals surface area contributed by atoms with Crippen LogP contribution in [0.4, 0.5) is 5.69 Å². The summed E-state index contributed by atoms with van der Waals surface area (Å²) < 4.78 is 5.10. The second-order valence-electron chi connectivity index (χ2n) is 7.84. The molecule has 1 aliphatic heterocycles. The molecule has 2 aliphatic rings. The molecule has 5 nitrogen and oxygen atoms in total. The summed E-state index contributed by atoms with van der Waals surface area (Å²) in [5.74, 6) is -2.25. The van der Waals surface area contributed by atoms with Crippen molar-refractivity contribution in [2.24, 2.45) is 11.3 Å². The normalized spacial score (nSPS) is 28.1. The highest BCUT2D eigenvalue weighted by Gasteiger charge is 2.66. The molecule has 1 aliphatic carbocycles. The number of carbonyl (C=O) groups excluding carboxylic acids is 3. The molecular weight excluding hydrogens is 354 g/mol. The van der Waals surface area contributed by atoms with E-state index in [9.17, 15) is 14.4 Å². The summed E-state index contributed by atoms with van der Waals surface area (Å²) in [6.45, 7) is 3.54. The lowest BCUT2D eigenvalue weighted by molar-refractivity contribution is -0.158. The van der Waals surface area contributed by atoms with E-state index in [0.29, 0.717) is 5.69 Å². The number of fused-ring (bicyclic) bond motifs is 3. The smallest absolute Gasteiger partial charge is 0.322 e. The topological polar surface area (TPSA) is 72.5 Å². The van der Waals surface area contributed by atoms with Gasteiger partial charge < -0.3 is 10.1 Å². The maximum absolute atomic E-state index is 13.2. The summed E-state index contributed by atoms with van der Waals surface area (Å²) in [6.07, 6.45) is 0.248. The molecule has 0 aromatic heterocycles. The van der Waals surface area contributed by atoms with Crippen LogP contribution in [0.5, 0.6) is 0 Å². The number of methoxy groups -OCH3 is 1. The Labute approximate surface area is 164 Å². The van der Waals surface area contributed by atoms with Gasteiger partial charge in [-0.15, -0.1) is 0 Å². The minimum Gasteiger partial charge on any atom is -0.468 e. The van der Waals surface area contributed by atoms with Crippen molar-refractivity contribution in [2.75, 3.05) is 12.4 Å². The third kappa shape index (κ3) is 2.49. The lowest BCUT2D eigenvalue weighted by atomic mass is 9.67. The summed E-state index contributed by atoms with van der Waals surface area (Å²) in [6, 6.07) is 15.4. The molecule has 0 spiro atoms. The quantitative estimate of drug-likeness (QED) is 0.655. The second-order valence-corrected chi connectivity index (χ2v) is 7.84. The number of aryl methyl sites for hydroxylation is 1. The van der Waals surface area contributed by atoms with Crippen molar-refractivity contribution in [1.29, 1.82) is 0 Å². The van der Waals surface area contributed by atoms with Gasteiger partial charge in [-0.2, -0.15) is 0 Å². The second kappa shape index (κ2) is 6.59. The molecule has 0 bridgehead atoms. The lowest BCUT2D eigenvalue weighted by Crippen LogP contribution is -2.50. The Hall–Kier alpha value is -2.95. The first-order valence-electron chi connectivity index (χ1n) is 9.46. The van der Waals surface area contributed by atoms with Gasteiger partial charge in [-0.05, 0) is 43.4 Å². The standard InChI is InChI=1S/C23H23NO4/c1-13-7-6-8-15(11-13)17-12-23(22(27)28-3)20(19(17)14(2)25)16-9-4-5-10-18(16)24-21(23)26/h4-11,17,19-20H,12H2,1-3H3,(H,24,26)/t17-,19+,20-,23-/m1/s1. The molecule has 0 saturated heterocycles. The molecule has 4 atom stereocenters. The third-order valence-corrected chi connectivity index (χ3v) is 6.30. The minimum atomic E-state index is -1.41. The molecule has 0 unspecified atom stereocenters. The summed E-state index contributed by atoms with van der Waals surface area (Å²) in [5, 5.41) is 2.88. The van der Waals surface area contributed by atoms with E-state index >= 15 is 0 Å². The predicted molar refractivity (Wildman–Crippen MR) is 105 cm³/mol. The molecule has 1 fully saturated rings. The number of hydrogen-bond acceptors (Lipinski definition) is 4. The van der Waals surface area contributed by atoms with Crippen molar-refractivity contribution >= 4 is 23.3 Å². The van der Waals surface area contributed by atoms with Crippen molar-refractivity contribution in [3.05, 3.63) is 65.2 Å². The first-order chi connectivity index (χ1) is 13.4. The Morgan fingerprint density at radius 1 is 1.14 bits per heavy atom. The van der Waals surface area contributed by atoms with Gasteiger partial charge in [0.15, 0.2) is 5.41 Å². The molecule has 4 rings (SSSR count). The number of anilines is 1. The fourth-order valence-corrected chi connectivity index (χ4v) is 5.18. The molecular formula is C23H23NO4. The van der Waals surface area contributed by atoms with E-state index in [2.05, 4.69) is 5.32 Å². The van der Waals surface area contributed by atoms with Crippen molar-refractivity contribution in [1.82, 2.24) is 0 Å². The molecule has 0 radical (unpaired) electrons. The number of carbonyl (C=O) groups is 3. The molecule has 1 N–H and O–H groups in total. The van der Waals surface area contributed by atoms with Crippen LogP contribution in [0.25, 0.3) is 0 Å². The van der Waals surface area contributed by atoms with E-state index in [1.807, 2.05) is 55.5 Å². The lowest BCUT2D eigenvalue weighted by Gasteiger charge is -2.38. The van der Waals surface area contributed by atoms with Crippen LogP contribution >= 0.6 is 0 Å². The zero-order chi connectivity index (χ0) is 20.1. The maximum Gasteiger partial charge on any atom is 0.322 e. The number of hydrogen-bond donors (Lipinski definition) is 1. The molecule has 28 heavy (non-hydrogen) atoms. The van der Waals surface area contributed by atoms with E-state index in [-0.39, 0.29) is 24.0 Å². The average Bonchev–Trinajstić information content (AvgIpc) is 3.06. The van der Waals surface area contributed by atoms with Crippen LogP contribution in [0.3, 0.4) is 0 Å². The Balaban J connectivity index is 1.97. The third-order valence-electron chi connectivity index (χ3n) is 6.30. The first kappa shape index (κ1) is 18.4. The summed E-state index contributed by atoms with van der Waals surface area (Å²) in [7, 11) is 1.30. The summed E-state index contributed by atoms with van der Waals surface area (Å²) >= 11 is 0. The fraction of sp³-hybridized carbons (Fsp3) is 0.348. The number of amides is 1. The van der Waals surface area contributed by atoms with E-state index in [1.165, 1.54) is 7.11 Å². The van der Waals surface area contributed by atoms with E-state index in [0.717, 1.165) is 16.7 Å². The number of rotatable bonds is 3. The number of esters is 1. The van der Waals surface area contributed by atoms with Crippen LogP contribution in [0.15, 0.2) is 48.5 Å². The Kier molecular flexibility index (Phi) is 4.33. The van der Waals surface area contributed by atoms with Gasteiger partial charge in [0.25, 0.3) is 0 Å². The molecule has 5 heteroatoms. The van der Waals surface area contributed by atoms with Crippen molar-refractivity contribution in [3.8, 4) is 0 Å². The number of ether oxygens (including phenoxy) is 1. The summed E-state index contributed by atoms with van der Waals surface area (Å²) in [4.78, 5) is 39.1. The van der Waals surface area contributed by atoms with E-state index in [4.69, 9.17) is 4.74 Å². The molecule has 1 amide bonds. The van der Waals surface area contributed by atoms with Crippen LogP contribution in [0.1, 0.15) is 41.9 Å². The molecule has 2 aromatic rings. The fourth-order valence-electron chi connectivity index (χ4n) is 5.18. The van der Waals surface area contributed by atoms with Crippen LogP contribution in [-0.2, 0) is 19.1 Å². The van der Waals surface area contributed by atoms with Crippen LogP contribution in [-0.4, -0.2) is 24.8 Å². The zero-order valence-electron chi connectivity index (χ0n) is 16.2. The van der Waals surface area contributed by atoms with Crippen molar-refractivity contribution in [3.63, 3.8) is 0 Å². The van der Waals surface area contributed by atoms with E-state index < -0.39 is 23.2 Å². The zero-order valence-corrected chi connectivity index (χ0v) is 16.2. The number of benzene rings is 2. The predicted octanol–water partition coefficient (Wildman–Crippen LogP) is 3.58. The van der Waals surface area contributed by atoms with Crippen molar-refractivity contribution < 1.29 is 19.1 Å². The SMILES string of the molecule is COC(=O)[C@]12C[C@H](c3cccc(C)c3)[C@H](C(C)=O)[C@H]1c1ccccc1NC2=O. The van der Waals surface area contributed by atoms with Crippen LogP contribution in [0, 0.1) is 18.3 Å².